The fraction of sp³-hybridized carbons (Fsp3) is 0.625. The van der Waals surface area contributed by atoms with Crippen molar-refractivity contribution in [1.29, 1.82) is 0 Å². The van der Waals surface area contributed by atoms with E-state index in [1.54, 1.807) is 6.07 Å². The average molecular weight is 301 g/mol. The van der Waals surface area contributed by atoms with Crippen molar-refractivity contribution in [3.05, 3.63) is 33.8 Å². The molecule has 2 rings (SSSR count). The molecule has 1 aromatic carbocycles. The van der Waals surface area contributed by atoms with Crippen LogP contribution in [0, 0.1) is 11.8 Å². The van der Waals surface area contributed by atoms with Gasteiger partial charge in [0, 0.05) is 6.42 Å². The molecule has 2 unspecified atom stereocenters. The SMILES string of the molecule is CC(C)C1CCCCC1(O)Cc1cccc(Cl)c1Cl. The maximum atomic E-state index is 11.1. The van der Waals surface area contributed by atoms with E-state index in [4.69, 9.17) is 23.2 Å². The number of benzene rings is 1. The van der Waals surface area contributed by atoms with Crippen molar-refractivity contribution >= 4 is 23.2 Å². The van der Waals surface area contributed by atoms with Crippen LogP contribution in [0.1, 0.15) is 45.1 Å². The first kappa shape index (κ1) is 15.2. The monoisotopic (exact) mass is 300 g/mol. The highest BCUT2D eigenvalue weighted by molar-refractivity contribution is 6.42. The summed E-state index contributed by atoms with van der Waals surface area (Å²) in [7, 11) is 0. The molecule has 0 bridgehead atoms. The van der Waals surface area contributed by atoms with E-state index >= 15 is 0 Å². The molecule has 1 aliphatic rings. The van der Waals surface area contributed by atoms with Gasteiger partial charge in [-0.15, -0.1) is 0 Å². The van der Waals surface area contributed by atoms with Gasteiger partial charge in [-0.25, -0.2) is 0 Å². The second-order valence-electron chi connectivity index (χ2n) is 6.09. The summed E-state index contributed by atoms with van der Waals surface area (Å²) in [5.41, 5.74) is 0.324. The molecule has 1 aromatic rings. The highest BCUT2D eigenvalue weighted by Gasteiger charge is 2.40. The molecule has 0 heterocycles. The Labute approximate surface area is 125 Å². The summed E-state index contributed by atoms with van der Waals surface area (Å²) in [6.07, 6.45) is 4.88. The van der Waals surface area contributed by atoms with E-state index in [2.05, 4.69) is 13.8 Å². The minimum absolute atomic E-state index is 0.344. The third-order valence-electron chi connectivity index (χ3n) is 4.40. The van der Waals surface area contributed by atoms with Crippen molar-refractivity contribution in [3.63, 3.8) is 0 Å². The van der Waals surface area contributed by atoms with Crippen LogP contribution in [0.5, 0.6) is 0 Å². The Balaban J connectivity index is 2.26. The lowest BCUT2D eigenvalue weighted by atomic mass is 9.68. The van der Waals surface area contributed by atoms with E-state index in [-0.39, 0.29) is 0 Å². The Morgan fingerprint density at radius 2 is 2.05 bits per heavy atom. The zero-order chi connectivity index (χ0) is 14.0. The third kappa shape index (κ3) is 3.26. The largest absolute Gasteiger partial charge is 0.389 e. The normalized spacial score (nSPS) is 27.8. The summed E-state index contributed by atoms with van der Waals surface area (Å²) in [5.74, 6) is 0.833. The van der Waals surface area contributed by atoms with Gasteiger partial charge in [0.05, 0.1) is 15.6 Å². The maximum Gasteiger partial charge on any atom is 0.0718 e. The van der Waals surface area contributed by atoms with Gasteiger partial charge < -0.3 is 5.11 Å². The number of halogens is 2. The van der Waals surface area contributed by atoms with Crippen molar-refractivity contribution in [1.82, 2.24) is 0 Å². The Hall–Kier alpha value is -0.240. The Morgan fingerprint density at radius 3 is 2.74 bits per heavy atom. The summed E-state index contributed by atoms with van der Waals surface area (Å²) in [6, 6.07) is 5.66. The molecule has 1 nitrogen and oxygen atoms in total. The fourth-order valence-electron chi connectivity index (χ4n) is 3.44. The topological polar surface area (TPSA) is 20.2 Å². The van der Waals surface area contributed by atoms with Crippen LogP contribution in [0.25, 0.3) is 0 Å². The minimum atomic E-state index is -0.638. The van der Waals surface area contributed by atoms with E-state index in [0.717, 1.165) is 24.8 Å². The summed E-state index contributed by atoms with van der Waals surface area (Å²) >= 11 is 12.3. The first-order chi connectivity index (χ1) is 8.94. The second-order valence-corrected chi connectivity index (χ2v) is 6.87. The molecule has 0 saturated heterocycles. The molecular weight excluding hydrogens is 279 g/mol. The van der Waals surface area contributed by atoms with Crippen LogP contribution in [0.4, 0.5) is 0 Å². The van der Waals surface area contributed by atoms with Crippen LogP contribution in [-0.4, -0.2) is 10.7 Å². The highest BCUT2D eigenvalue weighted by atomic mass is 35.5. The van der Waals surface area contributed by atoms with Crippen LogP contribution in [0.3, 0.4) is 0 Å². The van der Waals surface area contributed by atoms with Gasteiger partial charge in [0.25, 0.3) is 0 Å². The Morgan fingerprint density at radius 1 is 1.32 bits per heavy atom. The lowest BCUT2D eigenvalue weighted by molar-refractivity contribution is -0.0652. The molecule has 19 heavy (non-hydrogen) atoms. The van der Waals surface area contributed by atoms with Crippen molar-refractivity contribution in [2.45, 2.75) is 51.6 Å². The van der Waals surface area contributed by atoms with E-state index < -0.39 is 5.60 Å². The van der Waals surface area contributed by atoms with Gasteiger partial charge in [-0.3, -0.25) is 0 Å². The highest BCUT2D eigenvalue weighted by Crippen LogP contribution is 2.41. The first-order valence-electron chi connectivity index (χ1n) is 7.09. The zero-order valence-corrected chi connectivity index (χ0v) is 13.1. The smallest absolute Gasteiger partial charge is 0.0718 e. The van der Waals surface area contributed by atoms with Gasteiger partial charge in [-0.2, -0.15) is 0 Å². The van der Waals surface area contributed by atoms with E-state index in [0.29, 0.717) is 28.3 Å². The zero-order valence-electron chi connectivity index (χ0n) is 11.6. The van der Waals surface area contributed by atoms with Crippen LogP contribution < -0.4 is 0 Å². The Bertz CT molecular complexity index is 444. The molecule has 1 fully saturated rings. The first-order valence-corrected chi connectivity index (χ1v) is 7.85. The lowest BCUT2D eigenvalue weighted by Gasteiger charge is -2.42. The van der Waals surface area contributed by atoms with Crippen LogP contribution in [0.15, 0.2) is 18.2 Å². The number of rotatable bonds is 3. The standard InChI is InChI=1S/C16H22Cl2O/c1-11(2)13-7-3-4-9-16(13,19)10-12-6-5-8-14(17)15(12)18/h5-6,8,11,13,19H,3-4,7,9-10H2,1-2H3. The average Bonchev–Trinajstić information content (AvgIpc) is 2.35. The molecule has 106 valence electrons. The molecule has 0 spiro atoms. The molecular formula is C16H22Cl2O. The van der Waals surface area contributed by atoms with Crippen LogP contribution in [0.2, 0.25) is 10.0 Å². The quantitative estimate of drug-likeness (QED) is 0.822. The molecule has 0 aromatic heterocycles. The lowest BCUT2D eigenvalue weighted by Crippen LogP contribution is -2.45. The third-order valence-corrected chi connectivity index (χ3v) is 5.26. The molecule has 3 heteroatoms. The van der Waals surface area contributed by atoms with Crippen molar-refractivity contribution in [2.24, 2.45) is 11.8 Å². The van der Waals surface area contributed by atoms with Gasteiger partial charge in [0.15, 0.2) is 0 Å². The molecule has 0 amide bonds. The van der Waals surface area contributed by atoms with Gasteiger partial charge in [0.2, 0.25) is 0 Å². The number of aliphatic hydroxyl groups is 1. The summed E-state index contributed by atoms with van der Waals surface area (Å²) in [6.45, 7) is 4.39. The fourth-order valence-corrected chi connectivity index (χ4v) is 3.82. The predicted octanol–water partition coefficient (Wildman–Crippen LogP) is 5.11. The van der Waals surface area contributed by atoms with Gasteiger partial charge in [-0.05, 0) is 36.3 Å². The summed E-state index contributed by atoms with van der Waals surface area (Å²) in [5, 5.41) is 12.2. The summed E-state index contributed by atoms with van der Waals surface area (Å²) in [4.78, 5) is 0. The number of hydrogen-bond donors (Lipinski definition) is 1. The van der Waals surface area contributed by atoms with Crippen molar-refractivity contribution in [2.75, 3.05) is 0 Å². The maximum absolute atomic E-state index is 11.1. The molecule has 0 radical (unpaired) electrons. The minimum Gasteiger partial charge on any atom is -0.389 e. The predicted molar refractivity (Wildman–Crippen MR) is 81.9 cm³/mol. The number of hydrogen-bond acceptors (Lipinski definition) is 1. The molecule has 0 aliphatic heterocycles. The van der Waals surface area contributed by atoms with Gasteiger partial charge >= 0.3 is 0 Å². The molecule has 2 atom stereocenters. The Kier molecular flexibility index (Phi) is 4.81. The summed E-state index contributed by atoms with van der Waals surface area (Å²) < 4.78 is 0. The van der Waals surface area contributed by atoms with Gasteiger partial charge in [-0.1, -0.05) is 62.0 Å². The molecule has 1 aliphatic carbocycles. The molecule has 1 saturated carbocycles. The van der Waals surface area contributed by atoms with E-state index in [1.807, 2.05) is 12.1 Å². The van der Waals surface area contributed by atoms with Gasteiger partial charge in [0.1, 0.15) is 0 Å². The van der Waals surface area contributed by atoms with E-state index in [9.17, 15) is 5.11 Å². The van der Waals surface area contributed by atoms with Crippen LogP contribution in [-0.2, 0) is 6.42 Å². The van der Waals surface area contributed by atoms with Crippen molar-refractivity contribution < 1.29 is 5.11 Å². The molecule has 1 N–H and O–H groups in total. The van der Waals surface area contributed by atoms with E-state index in [1.165, 1.54) is 6.42 Å². The van der Waals surface area contributed by atoms with Crippen molar-refractivity contribution in [3.8, 4) is 0 Å². The van der Waals surface area contributed by atoms with Crippen LogP contribution >= 0.6 is 23.2 Å². The second kappa shape index (κ2) is 6.03.